The first-order chi connectivity index (χ1) is 9.70. The number of rotatable bonds is 5. The van der Waals surface area contributed by atoms with Crippen LogP contribution in [0.2, 0.25) is 0 Å². The van der Waals surface area contributed by atoms with Crippen molar-refractivity contribution < 1.29 is 4.39 Å². The molecule has 0 heterocycles. The summed E-state index contributed by atoms with van der Waals surface area (Å²) < 4.78 is 14.0. The van der Waals surface area contributed by atoms with Gasteiger partial charge in [0.05, 0.1) is 0 Å². The van der Waals surface area contributed by atoms with Crippen LogP contribution in [0.1, 0.15) is 18.4 Å². The summed E-state index contributed by atoms with van der Waals surface area (Å²) in [5, 5.41) is 3.54. The lowest BCUT2D eigenvalue weighted by atomic mass is 10.2. The Morgan fingerprint density at radius 3 is 2.60 bits per heavy atom. The van der Waals surface area contributed by atoms with Crippen LogP contribution in [0.25, 0.3) is 0 Å². The monoisotopic (exact) mass is 351 g/mol. The first-order valence-electron chi connectivity index (χ1n) is 6.66. The van der Waals surface area contributed by atoms with Gasteiger partial charge in [-0.25, -0.2) is 4.39 Å². The maximum absolute atomic E-state index is 13.0. The highest BCUT2D eigenvalue weighted by molar-refractivity contribution is 9.10. The van der Waals surface area contributed by atoms with Gasteiger partial charge in [-0.2, -0.15) is 0 Å². The minimum atomic E-state index is -0.195. The fraction of sp³-hybridized carbons (Fsp3) is 0.250. The molecule has 0 bridgehead atoms. The summed E-state index contributed by atoms with van der Waals surface area (Å²) in [5.74, 6) is -0.195. The predicted molar refractivity (Wildman–Crippen MR) is 84.5 cm³/mol. The molecule has 3 rings (SSSR count). The molecule has 1 fully saturated rings. The first-order valence-corrected chi connectivity index (χ1v) is 8.27. The molecule has 0 spiro atoms. The van der Waals surface area contributed by atoms with Crippen LogP contribution < -0.4 is 5.32 Å². The van der Waals surface area contributed by atoms with Gasteiger partial charge < -0.3 is 5.32 Å². The molecule has 0 atom stereocenters. The van der Waals surface area contributed by atoms with E-state index in [-0.39, 0.29) is 5.82 Å². The zero-order valence-corrected chi connectivity index (χ0v) is 13.3. The molecule has 0 aliphatic heterocycles. The van der Waals surface area contributed by atoms with Crippen LogP contribution >= 0.6 is 27.7 Å². The molecular weight excluding hydrogens is 337 g/mol. The Labute approximate surface area is 131 Å². The molecule has 1 saturated carbocycles. The smallest absolute Gasteiger partial charge is 0.123 e. The van der Waals surface area contributed by atoms with Gasteiger partial charge in [0.2, 0.25) is 0 Å². The van der Waals surface area contributed by atoms with Gasteiger partial charge >= 0.3 is 0 Å². The molecule has 1 N–H and O–H groups in total. The highest BCUT2D eigenvalue weighted by Crippen LogP contribution is 2.33. The second kappa shape index (κ2) is 6.29. The number of halogens is 2. The zero-order chi connectivity index (χ0) is 13.9. The van der Waals surface area contributed by atoms with Crippen LogP contribution in [0.4, 0.5) is 4.39 Å². The Balaban J connectivity index is 1.78. The minimum absolute atomic E-state index is 0.195. The van der Waals surface area contributed by atoms with E-state index in [0.717, 1.165) is 15.9 Å². The largest absolute Gasteiger partial charge is 0.310 e. The number of hydrogen-bond donors (Lipinski definition) is 1. The Morgan fingerprint density at radius 2 is 1.90 bits per heavy atom. The summed E-state index contributed by atoms with van der Waals surface area (Å²) in [7, 11) is 0. The molecule has 2 aromatic rings. The van der Waals surface area contributed by atoms with Crippen molar-refractivity contribution in [3.05, 3.63) is 58.3 Å². The molecule has 0 aromatic heterocycles. The molecule has 1 aliphatic rings. The molecule has 20 heavy (non-hydrogen) atoms. The van der Waals surface area contributed by atoms with E-state index < -0.39 is 0 Å². The minimum Gasteiger partial charge on any atom is -0.310 e. The summed E-state index contributed by atoms with van der Waals surface area (Å²) in [4.78, 5) is 2.26. The molecule has 1 aliphatic carbocycles. The van der Waals surface area contributed by atoms with E-state index in [1.165, 1.54) is 35.4 Å². The number of nitrogens with one attached hydrogen (secondary N) is 1. The third kappa shape index (κ3) is 3.84. The fourth-order valence-corrected chi connectivity index (χ4v) is 3.44. The van der Waals surface area contributed by atoms with Gasteiger partial charge in [0.25, 0.3) is 0 Å². The quantitative estimate of drug-likeness (QED) is 0.814. The lowest BCUT2D eigenvalue weighted by Crippen LogP contribution is -2.15. The Hall–Kier alpha value is -0.840. The van der Waals surface area contributed by atoms with E-state index in [1.54, 1.807) is 11.8 Å². The van der Waals surface area contributed by atoms with Crippen molar-refractivity contribution in [2.75, 3.05) is 0 Å². The summed E-state index contributed by atoms with van der Waals surface area (Å²) >= 11 is 5.19. The molecule has 104 valence electrons. The van der Waals surface area contributed by atoms with Crippen LogP contribution in [-0.4, -0.2) is 6.04 Å². The van der Waals surface area contributed by atoms with E-state index >= 15 is 0 Å². The Kier molecular flexibility index (Phi) is 4.44. The number of hydrogen-bond acceptors (Lipinski definition) is 2. The van der Waals surface area contributed by atoms with Gasteiger partial charge in [0.1, 0.15) is 5.82 Å². The molecular formula is C16H15BrFNS. The van der Waals surface area contributed by atoms with Gasteiger partial charge in [0, 0.05) is 26.9 Å². The van der Waals surface area contributed by atoms with E-state index in [0.29, 0.717) is 6.04 Å². The maximum Gasteiger partial charge on any atom is 0.123 e. The van der Waals surface area contributed by atoms with E-state index in [4.69, 9.17) is 0 Å². The Morgan fingerprint density at radius 1 is 1.15 bits per heavy atom. The lowest BCUT2D eigenvalue weighted by molar-refractivity contribution is 0.626. The lowest BCUT2D eigenvalue weighted by Gasteiger charge is -2.11. The first kappa shape index (κ1) is 14.1. The van der Waals surface area contributed by atoms with Crippen molar-refractivity contribution in [2.45, 2.75) is 35.2 Å². The van der Waals surface area contributed by atoms with Crippen LogP contribution in [0, 0.1) is 5.82 Å². The van der Waals surface area contributed by atoms with Crippen molar-refractivity contribution in [1.29, 1.82) is 0 Å². The van der Waals surface area contributed by atoms with E-state index in [1.807, 2.05) is 12.1 Å². The van der Waals surface area contributed by atoms with E-state index in [9.17, 15) is 4.39 Å². The normalized spacial score (nSPS) is 14.5. The average molecular weight is 352 g/mol. The van der Waals surface area contributed by atoms with Gasteiger partial charge in [-0.15, -0.1) is 0 Å². The summed E-state index contributed by atoms with van der Waals surface area (Å²) in [6, 6.07) is 13.7. The van der Waals surface area contributed by atoms with Crippen molar-refractivity contribution in [3.63, 3.8) is 0 Å². The SMILES string of the molecule is Fc1ccc(Sc2cc(Br)ccc2CNC2CC2)cc1. The molecule has 1 nitrogen and oxygen atoms in total. The molecule has 0 unspecified atom stereocenters. The maximum atomic E-state index is 13.0. The van der Waals surface area contributed by atoms with Crippen LogP contribution in [0.5, 0.6) is 0 Å². The predicted octanol–water partition coefficient (Wildman–Crippen LogP) is 4.99. The van der Waals surface area contributed by atoms with Gasteiger partial charge in [-0.05, 0) is 54.8 Å². The summed E-state index contributed by atoms with van der Waals surface area (Å²) in [5.41, 5.74) is 1.29. The second-order valence-corrected chi connectivity index (χ2v) is 6.99. The van der Waals surface area contributed by atoms with Crippen molar-refractivity contribution in [2.24, 2.45) is 0 Å². The van der Waals surface area contributed by atoms with Gasteiger partial charge in [0.15, 0.2) is 0 Å². The molecule has 2 aromatic carbocycles. The molecule has 0 radical (unpaired) electrons. The number of benzene rings is 2. The fourth-order valence-electron chi connectivity index (χ4n) is 1.94. The average Bonchev–Trinajstić information content (AvgIpc) is 3.25. The van der Waals surface area contributed by atoms with Crippen LogP contribution in [-0.2, 0) is 6.54 Å². The van der Waals surface area contributed by atoms with Gasteiger partial charge in [-0.1, -0.05) is 33.8 Å². The second-order valence-electron chi connectivity index (χ2n) is 4.96. The third-order valence-electron chi connectivity index (χ3n) is 3.23. The third-order valence-corrected chi connectivity index (χ3v) is 4.83. The van der Waals surface area contributed by atoms with E-state index in [2.05, 4.69) is 39.4 Å². The van der Waals surface area contributed by atoms with Crippen molar-refractivity contribution >= 4 is 27.7 Å². The summed E-state index contributed by atoms with van der Waals surface area (Å²) in [6.07, 6.45) is 2.58. The topological polar surface area (TPSA) is 12.0 Å². The standard InChI is InChI=1S/C16H15BrFNS/c17-12-2-1-11(10-19-14-5-6-14)16(9-12)20-15-7-3-13(18)4-8-15/h1-4,7-9,14,19H,5-6,10H2. The highest BCUT2D eigenvalue weighted by Gasteiger charge is 2.20. The van der Waals surface area contributed by atoms with Crippen molar-refractivity contribution in [1.82, 2.24) is 5.32 Å². The van der Waals surface area contributed by atoms with Crippen molar-refractivity contribution in [3.8, 4) is 0 Å². The summed E-state index contributed by atoms with van der Waals surface area (Å²) in [6.45, 7) is 0.890. The Bertz CT molecular complexity index is 596. The highest BCUT2D eigenvalue weighted by atomic mass is 79.9. The van der Waals surface area contributed by atoms with Gasteiger partial charge in [-0.3, -0.25) is 0 Å². The molecule has 4 heteroatoms. The van der Waals surface area contributed by atoms with Crippen LogP contribution in [0.3, 0.4) is 0 Å². The van der Waals surface area contributed by atoms with Crippen LogP contribution in [0.15, 0.2) is 56.7 Å². The zero-order valence-electron chi connectivity index (χ0n) is 10.9. The molecule has 0 saturated heterocycles. The molecule has 0 amide bonds.